The number of rotatable bonds is 6. The summed E-state index contributed by atoms with van der Waals surface area (Å²) in [6.07, 6.45) is 1.32. The molecule has 0 heterocycles. The van der Waals surface area contributed by atoms with Crippen molar-refractivity contribution < 1.29 is 14.3 Å². The van der Waals surface area contributed by atoms with Crippen LogP contribution >= 0.6 is 0 Å². The van der Waals surface area contributed by atoms with Gasteiger partial charge in [0.1, 0.15) is 12.4 Å². The SMILES string of the molecule is CCCC(=O)COc1cccc(C(N)=O)c1. The zero-order valence-electron chi connectivity index (χ0n) is 9.23. The van der Waals surface area contributed by atoms with E-state index >= 15 is 0 Å². The highest BCUT2D eigenvalue weighted by molar-refractivity contribution is 5.93. The summed E-state index contributed by atoms with van der Waals surface area (Å²) in [7, 11) is 0. The van der Waals surface area contributed by atoms with Gasteiger partial charge in [0.15, 0.2) is 5.78 Å². The van der Waals surface area contributed by atoms with Gasteiger partial charge < -0.3 is 10.5 Å². The molecule has 0 aromatic heterocycles. The van der Waals surface area contributed by atoms with E-state index in [0.29, 0.717) is 17.7 Å². The number of amides is 1. The Labute approximate surface area is 94.4 Å². The second-order valence-corrected chi connectivity index (χ2v) is 3.47. The van der Waals surface area contributed by atoms with Gasteiger partial charge in [-0.1, -0.05) is 13.0 Å². The van der Waals surface area contributed by atoms with Gasteiger partial charge >= 0.3 is 0 Å². The molecule has 1 aromatic rings. The molecule has 2 N–H and O–H groups in total. The molecule has 16 heavy (non-hydrogen) atoms. The van der Waals surface area contributed by atoms with Crippen LogP contribution in [0.5, 0.6) is 5.75 Å². The molecule has 0 saturated heterocycles. The highest BCUT2D eigenvalue weighted by Gasteiger charge is 2.04. The fraction of sp³-hybridized carbons (Fsp3) is 0.333. The van der Waals surface area contributed by atoms with Crippen LogP contribution in [0.15, 0.2) is 24.3 Å². The van der Waals surface area contributed by atoms with Crippen LogP contribution in [0.1, 0.15) is 30.1 Å². The summed E-state index contributed by atoms with van der Waals surface area (Å²) in [6.45, 7) is 1.97. The molecule has 0 spiro atoms. The van der Waals surface area contributed by atoms with E-state index in [0.717, 1.165) is 6.42 Å². The van der Waals surface area contributed by atoms with Crippen LogP contribution in [-0.2, 0) is 4.79 Å². The Kier molecular flexibility index (Phi) is 4.51. The van der Waals surface area contributed by atoms with Gasteiger partial charge in [0.25, 0.3) is 0 Å². The predicted molar refractivity (Wildman–Crippen MR) is 60.4 cm³/mol. The first-order valence-electron chi connectivity index (χ1n) is 5.18. The van der Waals surface area contributed by atoms with Crippen LogP contribution in [0, 0.1) is 0 Å². The van der Waals surface area contributed by atoms with E-state index in [2.05, 4.69) is 0 Å². The maximum atomic E-state index is 11.2. The summed E-state index contributed by atoms with van der Waals surface area (Å²) in [5, 5.41) is 0. The molecule has 1 aromatic carbocycles. The third-order valence-electron chi connectivity index (χ3n) is 2.05. The molecule has 0 aliphatic rings. The van der Waals surface area contributed by atoms with Crippen LogP contribution in [-0.4, -0.2) is 18.3 Å². The van der Waals surface area contributed by atoms with Crippen molar-refractivity contribution in [1.29, 1.82) is 0 Å². The molecular formula is C12H15NO3. The molecule has 0 aliphatic heterocycles. The van der Waals surface area contributed by atoms with Crippen molar-refractivity contribution in [3.05, 3.63) is 29.8 Å². The fourth-order valence-electron chi connectivity index (χ4n) is 1.25. The summed E-state index contributed by atoms with van der Waals surface area (Å²) >= 11 is 0. The average Bonchev–Trinajstić information content (AvgIpc) is 2.27. The van der Waals surface area contributed by atoms with Crippen LogP contribution in [0.3, 0.4) is 0 Å². The largest absolute Gasteiger partial charge is 0.486 e. The molecule has 4 nitrogen and oxygen atoms in total. The lowest BCUT2D eigenvalue weighted by molar-refractivity contribution is -0.121. The van der Waals surface area contributed by atoms with Gasteiger partial charge in [-0.05, 0) is 24.6 Å². The Hall–Kier alpha value is -1.84. The van der Waals surface area contributed by atoms with Gasteiger partial charge in [0.05, 0.1) is 0 Å². The Morgan fingerprint density at radius 3 is 2.75 bits per heavy atom. The molecular weight excluding hydrogens is 206 g/mol. The topological polar surface area (TPSA) is 69.4 Å². The van der Waals surface area contributed by atoms with Gasteiger partial charge in [-0.2, -0.15) is 0 Å². The third kappa shape index (κ3) is 3.73. The predicted octanol–water partition coefficient (Wildman–Crippen LogP) is 1.53. The molecule has 86 valence electrons. The van der Waals surface area contributed by atoms with Crippen molar-refractivity contribution in [2.75, 3.05) is 6.61 Å². The molecule has 0 fully saturated rings. The minimum absolute atomic E-state index is 0.0378. The summed E-state index contributed by atoms with van der Waals surface area (Å²) in [6, 6.07) is 6.48. The summed E-state index contributed by atoms with van der Waals surface area (Å²) < 4.78 is 5.25. The Morgan fingerprint density at radius 2 is 2.12 bits per heavy atom. The molecule has 0 unspecified atom stereocenters. The van der Waals surface area contributed by atoms with E-state index in [9.17, 15) is 9.59 Å². The number of carbonyl (C=O) groups is 2. The van der Waals surface area contributed by atoms with Crippen LogP contribution < -0.4 is 10.5 Å². The first-order chi connectivity index (χ1) is 7.63. The van der Waals surface area contributed by atoms with E-state index in [1.54, 1.807) is 18.2 Å². The molecule has 0 aliphatic carbocycles. The lowest BCUT2D eigenvalue weighted by Crippen LogP contribution is -2.13. The summed E-state index contributed by atoms with van der Waals surface area (Å²) in [4.78, 5) is 22.1. The van der Waals surface area contributed by atoms with Gasteiger partial charge in [-0.3, -0.25) is 9.59 Å². The number of hydrogen-bond donors (Lipinski definition) is 1. The van der Waals surface area contributed by atoms with E-state index in [1.165, 1.54) is 6.07 Å². The minimum atomic E-state index is -0.509. The maximum absolute atomic E-state index is 11.2. The van der Waals surface area contributed by atoms with E-state index < -0.39 is 5.91 Å². The standard InChI is InChI=1S/C12H15NO3/c1-2-4-10(14)8-16-11-6-3-5-9(7-11)12(13)15/h3,5-7H,2,4,8H2,1H3,(H2,13,15). The van der Waals surface area contributed by atoms with Crippen molar-refractivity contribution >= 4 is 11.7 Å². The molecule has 0 bridgehead atoms. The van der Waals surface area contributed by atoms with Crippen molar-refractivity contribution in [2.45, 2.75) is 19.8 Å². The number of Topliss-reactive ketones (excluding diaryl/α,β-unsaturated/α-hetero) is 1. The summed E-state index contributed by atoms with van der Waals surface area (Å²) in [5.41, 5.74) is 5.50. The second kappa shape index (κ2) is 5.90. The minimum Gasteiger partial charge on any atom is -0.486 e. The number of ether oxygens (including phenoxy) is 1. The van der Waals surface area contributed by atoms with Crippen LogP contribution in [0.2, 0.25) is 0 Å². The highest BCUT2D eigenvalue weighted by atomic mass is 16.5. The molecule has 1 rings (SSSR count). The van der Waals surface area contributed by atoms with E-state index in [1.807, 2.05) is 6.92 Å². The van der Waals surface area contributed by atoms with Gasteiger partial charge in [0, 0.05) is 12.0 Å². The van der Waals surface area contributed by atoms with Gasteiger partial charge in [-0.15, -0.1) is 0 Å². The van der Waals surface area contributed by atoms with Crippen molar-refractivity contribution in [1.82, 2.24) is 0 Å². The third-order valence-corrected chi connectivity index (χ3v) is 2.05. The van der Waals surface area contributed by atoms with Crippen LogP contribution in [0.4, 0.5) is 0 Å². The van der Waals surface area contributed by atoms with Gasteiger partial charge in [-0.25, -0.2) is 0 Å². The zero-order valence-corrected chi connectivity index (χ0v) is 9.23. The van der Waals surface area contributed by atoms with E-state index in [-0.39, 0.29) is 12.4 Å². The Bertz CT molecular complexity index is 388. The van der Waals surface area contributed by atoms with Crippen LogP contribution in [0.25, 0.3) is 0 Å². The quantitative estimate of drug-likeness (QED) is 0.792. The zero-order chi connectivity index (χ0) is 12.0. The first-order valence-corrected chi connectivity index (χ1v) is 5.18. The lowest BCUT2D eigenvalue weighted by atomic mass is 10.2. The number of primary amides is 1. The molecule has 0 radical (unpaired) electrons. The average molecular weight is 221 g/mol. The van der Waals surface area contributed by atoms with Crippen molar-refractivity contribution in [3.8, 4) is 5.75 Å². The molecule has 4 heteroatoms. The fourth-order valence-corrected chi connectivity index (χ4v) is 1.25. The number of benzene rings is 1. The Morgan fingerprint density at radius 1 is 1.38 bits per heavy atom. The van der Waals surface area contributed by atoms with Crippen molar-refractivity contribution in [3.63, 3.8) is 0 Å². The number of ketones is 1. The maximum Gasteiger partial charge on any atom is 0.248 e. The smallest absolute Gasteiger partial charge is 0.248 e. The number of carbonyl (C=O) groups excluding carboxylic acids is 2. The second-order valence-electron chi connectivity index (χ2n) is 3.47. The van der Waals surface area contributed by atoms with Crippen molar-refractivity contribution in [2.24, 2.45) is 5.73 Å². The first kappa shape index (κ1) is 12.2. The molecule has 0 atom stereocenters. The normalized spacial score (nSPS) is 9.81. The lowest BCUT2D eigenvalue weighted by Gasteiger charge is -2.05. The number of nitrogens with two attached hydrogens (primary N) is 1. The molecule has 0 saturated carbocycles. The Balaban J connectivity index is 2.57. The highest BCUT2D eigenvalue weighted by Crippen LogP contribution is 2.12. The number of hydrogen-bond acceptors (Lipinski definition) is 3. The van der Waals surface area contributed by atoms with E-state index in [4.69, 9.17) is 10.5 Å². The monoisotopic (exact) mass is 221 g/mol. The molecule has 1 amide bonds. The van der Waals surface area contributed by atoms with Gasteiger partial charge in [0.2, 0.25) is 5.91 Å². The summed E-state index contributed by atoms with van der Waals surface area (Å²) in [5.74, 6) is 0.0260.